The third kappa shape index (κ3) is 5.96. The highest BCUT2D eigenvalue weighted by atomic mass is 35.5. The number of ether oxygens (including phenoxy) is 1. The molecule has 2 aromatic carbocycles. The number of aryl methyl sites for hydroxylation is 1. The molecular weight excluding hydrogens is 454 g/mol. The Balaban J connectivity index is 1.68. The van der Waals surface area contributed by atoms with Crippen LogP contribution >= 0.6 is 11.6 Å². The molecule has 2 amide bonds. The fourth-order valence-corrected chi connectivity index (χ4v) is 4.34. The molecule has 2 aromatic rings. The molecule has 1 heterocycles. The van der Waals surface area contributed by atoms with E-state index < -0.39 is 12.1 Å². The van der Waals surface area contributed by atoms with E-state index in [0.29, 0.717) is 36.8 Å². The van der Waals surface area contributed by atoms with Crippen LogP contribution in [0.5, 0.6) is 0 Å². The zero-order chi connectivity index (χ0) is 24.8. The number of amides is 2. The van der Waals surface area contributed by atoms with Gasteiger partial charge in [-0.25, -0.2) is 4.79 Å². The van der Waals surface area contributed by atoms with Crippen molar-refractivity contribution in [1.82, 2.24) is 15.1 Å². The number of esters is 1. The number of nitrogens with one attached hydrogen (secondary N) is 1. The predicted molar refractivity (Wildman–Crippen MR) is 132 cm³/mol. The molecule has 1 aliphatic rings. The number of nitrogens with zero attached hydrogens (tertiary/aromatic N) is 2. The first-order valence-electron chi connectivity index (χ1n) is 11.5. The highest BCUT2D eigenvalue weighted by molar-refractivity contribution is 6.30. The number of rotatable bonds is 7. The minimum Gasteiger partial charge on any atom is -0.468 e. The van der Waals surface area contributed by atoms with Crippen molar-refractivity contribution in [2.45, 2.75) is 32.9 Å². The van der Waals surface area contributed by atoms with E-state index in [1.54, 1.807) is 23.1 Å². The van der Waals surface area contributed by atoms with Gasteiger partial charge in [-0.1, -0.05) is 55.8 Å². The Bertz CT molecular complexity index is 1020. The smallest absolute Gasteiger partial charge is 0.327 e. The fourth-order valence-electron chi connectivity index (χ4n) is 4.21. The molecule has 0 spiro atoms. The maximum Gasteiger partial charge on any atom is 0.327 e. The Morgan fingerprint density at radius 2 is 1.59 bits per heavy atom. The topological polar surface area (TPSA) is 79.0 Å². The van der Waals surface area contributed by atoms with Gasteiger partial charge in [0.05, 0.1) is 7.11 Å². The van der Waals surface area contributed by atoms with Crippen molar-refractivity contribution in [2.75, 3.05) is 33.3 Å². The molecule has 1 fully saturated rings. The number of piperazine rings is 1. The molecule has 34 heavy (non-hydrogen) atoms. The summed E-state index contributed by atoms with van der Waals surface area (Å²) in [7, 11) is 1.37. The number of hydrogen-bond donors (Lipinski definition) is 1. The van der Waals surface area contributed by atoms with E-state index in [4.69, 9.17) is 16.3 Å². The van der Waals surface area contributed by atoms with Crippen molar-refractivity contribution >= 4 is 29.4 Å². The molecule has 0 saturated carbocycles. The van der Waals surface area contributed by atoms with Gasteiger partial charge in [-0.3, -0.25) is 14.5 Å². The van der Waals surface area contributed by atoms with Gasteiger partial charge >= 0.3 is 5.97 Å². The van der Waals surface area contributed by atoms with Crippen molar-refractivity contribution in [3.63, 3.8) is 0 Å². The van der Waals surface area contributed by atoms with Gasteiger partial charge in [0.25, 0.3) is 5.91 Å². The third-order valence-corrected chi connectivity index (χ3v) is 6.46. The summed E-state index contributed by atoms with van der Waals surface area (Å²) in [5.74, 6) is -0.794. The van der Waals surface area contributed by atoms with Gasteiger partial charge < -0.3 is 15.0 Å². The highest BCUT2D eigenvalue weighted by Crippen LogP contribution is 2.25. The van der Waals surface area contributed by atoms with Crippen LogP contribution in [0.1, 0.15) is 41.4 Å². The van der Waals surface area contributed by atoms with E-state index in [2.05, 4.69) is 5.32 Å². The lowest BCUT2D eigenvalue weighted by Crippen LogP contribution is -2.57. The summed E-state index contributed by atoms with van der Waals surface area (Å²) in [4.78, 5) is 42.5. The molecule has 0 aliphatic carbocycles. The number of benzene rings is 2. The van der Waals surface area contributed by atoms with Crippen LogP contribution in [0.3, 0.4) is 0 Å². The summed E-state index contributed by atoms with van der Waals surface area (Å²) in [5, 5.41) is 3.53. The first-order chi connectivity index (χ1) is 16.2. The summed E-state index contributed by atoms with van der Waals surface area (Å²) < 4.78 is 5.05. The van der Waals surface area contributed by atoms with Gasteiger partial charge in [0, 0.05) is 36.8 Å². The summed E-state index contributed by atoms with van der Waals surface area (Å²) in [5.41, 5.74) is 2.22. The van der Waals surface area contributed by atoms with Crippen molar-refractivity contribution in [3.05, 3.63) is 70.2 Å². The summed E-state index contributed by atoms with van der Waals surface area (Å²) in [6.45, 7) is 7.62. The van der Waals surface area contributed by atoms with Crippen LogP contribution in [0.15, 0.2) is 48.5 Å². The Hall–Kier alpha value is -2.90. The monoisotopic (exact) mass is 485 g/mol. The largest absolute Gasteiger partial charge is 0.468 e. The Morgan fingerprint density at radius 1 is 0.971 bits per heavy atom. The van der Waals surface area contributed by atoms with E-state index in [9.17, 15) is 14.4 Å². The quantitative estimate of drug-likeness (QED) is 0.607. The summed E-state index contributed by atoms with van der Waals surface area (Å²) in [6, 6.07) is 13.2. The highest BCUT2D eigenvalue weighted by Gasteiger charge is 2.35. The van der Waals surface area contributed by atoms with Crippen molar-refractivity contribution in [1.29, 1.82) is 0 Å². The zero-order valence-corrected chi connectivity index (χ0v) is 20.8. The molecule has 8 heteroatoms. The maximum absolute atomic E-state index is 13.4. The average Bonchev–Trinajstić information content (AvgIpc) is 2.83. The van der Waals surface area contributed by atoms with Crippen LogP contribution in [0.2, 0.25) is 5.02 Å². The molecule has 0 aromatic heterocycles. The summed E-state index contributed by atoms with van der Waals surface area (Å²) in [6.07, 6.45) is 0. The second kappa shape index (κ2) is 11.5. The predicted octanol–water partition coefficient (Wildman–Crippen LogP) is 3.46. The van der Waals surface area contributed by atoms with Gasteiger partial charge in [0.1, 0.15) is 12.1 Å². The molecule has 1 aliphatic heterocycles. The van der Waals surface area contributed by atoms with Crippen LogP contribution in [-0.2, 0) is 14.3 Å². The standard InChI is InChI=1S/C26H32ClN3O4/c1-17(2)22(28-24(31)21-8-6-5-7-18(21)3)25(32)30-15-13-29(14-16-30)23(26(33)34-4)19-9-11-20(27)12-10-19/h5-12,17,22-23H,13-16H2,1-4H3,(H,28,31). The lowest BCUT2D eigenvalue weighted by molar-refractivity contribution is -0.149. The van der Waals surface area contributed by atoms with E-state index in [-0.39, 0.29) is 23.7 Å². The number of halogens is 1. The molecule has 7 nitrogen and oxygen atoms in total. The number of methoxy groups -OCH3 is 1. The van der Waals surface area contributed by atoms with Crippen molar-refractivity contribution in [3.8, 4) is 0 Å². The Kier molecular flexibility index (Phi) is 8.69. The van der Waals surface area contributed by atoms with Crippen molar-refractivity contribution in [2.24, 2.45) is 5.92 Å². The van der Waals surface area contributed by atoms with E-state index >= 15 is 0 Å². The number of carbonyl (C=O) groups excluding carboxylic acids is 3. The molecule has 182 valence electrons. The second-order valence-corrected chi connectivity index (χ2v) is 9.29. The molecule has 1 saturated heterocycles. The lowest BCUT2D eigenvalue weighted by atomic mass is 10.00. The lowest BCUT2D eigenvalue weighted by Gasteiger charge is -2.40. The van der Waals surface area contributed by atoms with Crippen LogP contribution in [0.25, 0.3) is 0 Å². The Morgan fingerprint density at radius 3 is 2.15 bits per heavy atom. The van der Waals surface area contributed by atoms with Gasteiger partial charge in [-0.15, -0.1) is 0 Å². The SMILES string of the molecule is COC(=O)C(c1ccc(Cl)cc1)N1CCN(C(=O)C(NC(=O)c2ccccc2C)C(C)C)CC1. The van der Waals surface area contributed by atoms with E-state index in [1.807, 2.05) is 56.0 Å². The normalized spacial score (nSPS) is 16.1. The van der Waals surface area contributed by atoms with Gasteiger partial charge in [-0.05, 0) is 42.2 Å². The Labute approximate surface area is 206 Å². The number of hydrogen-bond acceptors (Lipinski definition) is 5. The fraction of sp³-hybridized carbons (Fsp3) is 0.423. The average molecular weight is 486 g/mol. The van der Waals surface area contributed by atoms with Crippen molar-refractivity contribution < 1.29 is 19.1 Å². The molecule has 0 radical (unpaired) electrons. The van der Waals surface area contributed by atoms with Crippen LogP contribution in [-0.4, -0.2) is 66.9 Å². The molecule has 0 bridgehead atoms. The van der Waals surface area contributed by atoms with E-state index in [1.165, 1.54) is 7.11 Å². The second-order valence-electron chi connectivity index (χ2n) is 8.85. The minimum absolute atomic E-state index is 0.0737. The van der Waals surface area contributed by atoms with E-state index in [0.717, 1.165) is 11.1 Å². The molecule has 1 N–H and O–H groups in total. The molecule has 3 rings (SSSR count). The van der Waals surface area contributed by atoms with Crippen LogP contribution < -0.4 is 5.32 Å². The first kappa shape index (κ1) is 25.7. The van der Waals surface area contributed by atoms with Gasteiger partial charge in [0.15, 0.2) is 0 Å². The zero-order valence-electron chi connectivity index (χ0n) is 20.1. The molecular formula is C26H32ClN3O4. The van der Waals surface area contributed by atoms with Gasteiger partial charge in [-0.2, -0.15) is 0 Å². The third-order valence-electron chi connectivity index (χ3n) is 6.21. The van der Waals surface area contributed by atoms with Crippen LogP contribution in [0, 0.1) is 12.8 Å². The number of carbonyl (C=O) groups is 3. The minimum atomic E-state index is -0.633. The summed E-state index contributed by atoms with van der Waals surface area (Å²) >= 11 is 6.00. The first-order valence-corrected chi connectivity index (χ1v) is 11.8. The van der Waals surface area contributed by atoms with Crippen LogP contribution in [0.4, 0.5) is 0 Å². The van der Waals surface area contributed by atoms with Gasteiger partial charge in [0.2, 0.25) is 5.91 Å². The maximum atomic E-state index is 13.4. The molecule has 2 atom stereocenters. The molecule has 2 unspecified atom stereocenters.